The van der Waals surface area contributed by atoms with Gasteiger partial charge in [-0.2, -0.15) is 0 Å². The first-order chi connectivity index (χ1) is 10.2. The minimum Gasteiger partial charge on any atom is -0.497 e. The van der Waals surface area contributed by atoms with Gasteiger partial charge in [-0.1, -0.05) is 0 Å². The number of amides is 1. The zero-order valence-electron chi connectivity index (χ0n) is 12.7. The third-order valence-electron chi connectivity index (χ3n) is 3.51. The summed E-state index contributed by atoms with van der Waals surface area (Å²) in [5.41, 5.74) is 1.02. The van der Waals surface area contributed by atoms with Crippen molar-refractivity contribution in [2.45, 2.75) is 19.8 Å². The minimum atomic E-state index is -0.142. The maximum atomic E-state index is 12.1. The molecule has 5 heteroatoms. The number of carbonyl (C=O) groups excluding carboxylic acids is 1. The Labute approximate surface area is 125 Å². The van der Waals surface area contributed by atoms with Crippen molar-refractivity contribution in [2.24, 2.45) is 5.92 Å². The van der Waals surface area contributed by atoms with Crippen LogP contribution in [0.3, 0.4) is 0 Å². The zero-order chi connectivity index (χ0) is 15.1. The van der Waals surface area contributed by atoms with Crippen LogP contribution < -0.4 is 14.8 Å². The maximum Gasteiger partial charge on any atom is 0.226 e. The Morgan fingerprint density at radius 3 is 3.10 bits per heavy atom. The summed E-state index contributed by atoms with van der Waals surface area (Å²) in [6, 6.07) is 5.70. The van der Waals surface area contributed by atoms with Gasteiger partial charge in [0.2, 0.25) is 5.91 Å². The SMILES string of the molecule is CCOCCCNC(=O)[C@H]1COc2ccc(OC)cc2C1. The molecule has 0 bridgehead atoms. The standard InChI is InChI=1S/C16H23NO4/c1-3-20-8-4-7-17-16(18)13-9-12-10-14(19-2)5-6-15(12)21-11-13/h5-6,10,13H,3-4,7-9,11H2,1-2H3,(H,17,18)/t13-/m1/s1. The van der Waals surface area contributed by atoms with Crippen molar-refractivity contribution in [3.05, 3.63) is 23.8 Å². The molecule has 0 radical (unpaired) electrons. The van der Waals surface area contributed by atoms with E-state index in [1.54, 1.807) is 7.11 Å². The number of hydrogen-bond donors (Lipinski definition) is 1. The summed E-state index contributed by atoms with van der Waals surface area (Å²) in [6.45, 7) is 4.42. The lowest BCUT2D eigenvalue weighted by Gasteiger charge is -2.25. The van der Waals surface area contributed by atoms with Crippen molar-refractivity contribution >= 4 is 5.91 Å². The molecule has 1 atom stereocenters. The first-order valence-electron chi connectivity index (χ1n) is 7.39. The number of rotatable bonds is 7. The number of hydrogen-bond acceptors (Lipinski definition) is 4. The fourth-order valence-electron chi connectivity index (χ4n) is 2.34. The molecule has 1 amide bonds. The Kier molecular flexibility index (Phi) is 5.87. The van der Waals surface area contributed by atoms with E-state index in [0.29, 0.717) is 32.8 Å². The molecule has 0 unspecified atom stereocenters. The number of methoxy groups -OCH3 is 1. The molecule has 1 heterocycles. The Hall–Kier alpha value is -1.75. The lowest BCUT2D eigenvalue weighted by atomic mass is 9.96. The molecule has 1 aromatic carbocycles. The van der Waals surface area contributed by atoms with Crippen LogP contribution >= 0.6 is 0 Å². The molecular formula is C16H23NO4. The molecule has 1 aliphatic heterocycles. The second-order valence-corrected chi connectivity index (χ2v) is 5.03. The number of fused-ring (bicyclic) bond motifs is 1. The van der Waals surface area contributed by atoms with Gasteiger partial charge in [-0.3, -0.25) is 4.79 Å². The molecule has 116 valence electrons. The summed E-state index contributed by atoms with van der Waals surface area (Å²) in [5, 5.41) is 2.94. The van der Waals surface area contributed by atoms with E-state index in [4.69, 9.17) is 14.2 Å². The van der Waals surface area contributed by atoms with Crippen molar-refractivity contribution in [3.63, 3.8) is 0 Å². The molecule has 1 N–H and O–H groups in total. The van der Waals surface area contributed by atoms with E-state index in [1.165, 1.54) is 0 Å². The van der Waals surface area contributed by atoms with E-state index in [9.17, 15) is 4.79 Å². The first kappa shape index (κ1) is 15.6. The molecule has 1 aromatic rings. The van der Waals surface area contributed by atoms with E-state index >= 15 is 0 Å². The van der Waals surface area contributed by atoms with Gasteiger partial charge >= 0.3 is 0 Å². The highest BCUT2D eigenvalue weighted by atomic mass is 16.5. The second kappa shape index (κ2) is 7.88. The summed E-state index contributed by atoms with van der Waals surface area (Å²) in [4.78, 5) is 12.1. The lowest BCUT2D eigenvalue weighted by Crippen LogP contribution is -2.38. The Balaban J connectivity index is 1.84. The fourth-order valence-corrected chi connectivity index (χ4v) is 2.34. The Morgan fingerprint density at radius 1 is 1.48 bits per heavy atom. The molecule has 2 rings (SSSR count). The molecule has 0 spiro atoms. The quantitative estimate of drug-likeness (QED) is 0.779. The largest absolute Gasteiger partial charge is 0.497 e. The zero-order valence-corrected chi connectivity index (χ0v) is 12.7. The van der Waals surface area contributed by atoms with Crippen molar-refractivity contribution in [3.8, 4) is 11.5 Å². The van der Waals surface area contributed by atoms with Gasteiger partial charge in [0.25, 0.3) is 0 Å². The van der Waals surface area contributed by atoms with Crippen LogP contribution in [0, 0.1) is 5.92 Å². The van der Waals surface area contributed by atoms with Gasteiger partial charge < -0.3 is 19.5 Å². The van der Waals surface area contributed by atoms with Gasteiger partial charge in [0, 0.05) is 19.8 Å². The third-order valence-corrected chi connectivity index (χ3v) is 3.51. The number of ether oxygens (including phenoxy) is 3. The number of benzene rings is 1. The van der Waals surface area contributed by atoms with Gasteiger partial charge in [-0.15, -0.1) is 0 Å². The topological polar surface area (TPSA) is 56.8 Å². The van der Waals surface area contributed by atoms with Crippen LogP contribution in [0.1, 0.15) is 18.9 Å². The molecule has 0 saturated heterocycles. The van der Waals surface area contributed by atoms with Gasteiger partial charge in [0.1, 0.15) is 18.1 Å². The van der Waals surface area contributed by atoms with Crippen LogP contribution in [0.5, 0.6) is 11.5 Å². The van der Waals surface area contributed by atoms with Gasteiger partial charge in [-0.25, -0.2) is 0 Å². The summed E-state index contributed by atoms with van der Waals surface area (Å²) in [7, 11) is 1.63. The average Bonchev–Trinajstić information content (AvgIpc) is 2.53. The molecule has 1 aliphatic rings. The van der Waals surface area contributed by atoms with Crippen molar-refractivity contribution in [1.82, 2.24) is 5.32 Å². The second-order valence-electron chi connectivity index (χ2n) is 5.03. The van der Waals surface area contributed by atoms with Crippen molar-refractivity contribution < 1.29 is 19.0 Å². The number of nitrogens with one attached hydrogen (secondary N) is 1. The van der Waals surface area contributed by atoms with Crippen LogP contribution in [0.15, 0.2) is 18.2 Å². The summed E-state index contributed by atoms with van der Waals surface area (Å²) in [5.74, 6) is 1.53. The van der Waals surface area contributed by atoms with Crippen LogP contribution in [0.2, 0.25) is 0 Å². The first-order valence-corrected chi connectivity index (χ1v) is 7.39. The van der Waals surface area contributed by atoms with E-state index in [-0.39, 0.29) is 11.8 Å². The van der Waals surface area contributed by atoms with E-state index in [2.05, 4.69) is 5.32 Å². The predicted molar refractivity (Wildman–Crippen MR) is 79.8 cm³/mol. The summed E-state index contributed by atoms with van der Waals surface area (Å²) < 4.78 is 16.1. The predicted octanol–water partition coefficient (Wildman–Crippen LogP) is 1.79. The highest BCUT2D eigenvalue weighted by Crippen LogP contribution is 2.30. The lowest BCUT2D eigenvalue weighted by molar-refractivity contribution is -0.126. The summed E-state index contributed by atoms with van der Waals surface area (Å²) >= 11 is 0. The molecule has 21 heavy (non-hydrogen) atoms. The highest BCUT2D eigenvalue weighted by Gasteiger charge is 2.26. The van der Waals surface area contributed by atoms with Gasteiger partial charge in [-0.05, 0) is 43.5 Å². The molecule has 0 aromatic heterocycles. The van der Waals surface area contributed by atoms with Crippen LogP contribution in [0.4, 0.5) is 0 Å². The summed E-state index contributed by atoms with van der Waals surface area (Å²) in [6.07, 6.45) is 1.52. The van der Waals surface area contributed by atoms with Gasteiger partial charge in [0.05, 0.1) is 13.0 Å². The van der Waals surface area contributed by atoms with Crippen LogP contribution in [0.25, 0.3) is 0 Å². The third kappa shape index (κ3) is 4.36. The highest BCUT2D eigenvalue weighted by molar-refractivity contribution is 5.79. The smallest absolute Gasteiger partial charge is 0.226 e. The van der Waals surface area contributed by atoms with Crippen LogP contribution in [-0.2, 0) is 16.0 Å². The molecule has 0 aliphatic carbocycles. The number of carbonyl (C=O) groups is 1. The average molecular weight is 293 g/mol. The normalized spacial score (nSPS) is 16.8. The molecule has 0 fully saturated rings. The van der Waals surface area contributed by atoms with Crippen LogP contribution in [-0.4, -0.2) is 39.4 Å². The Morgan fingerprint density at radius 2 is 2.33 bits per heavy atom. The van der Waals surface area contributed by atoms with E-state index < -0.39 is 0 Å². The van der Waals surface area contributed by atoms with Gasteiger partial charge in [0.15, 0.2) is 0 Å². The van der Waals surface area contributed by atoms with Crippen molar-refractivity contribution in [1.29, 1.82) is 0 Å². The van der Waals surface area contributed by atoms with E-state index in [0.717, 1.165) is 23.5 Å². The maximum absolute atomic E-state index is 12.1. The molecular weight excluding hydrogens is 270 g/mol. The monoisotopic (exact) mass is 293 g/mol. The minimum absolute atomic E-state index is 0.0416. The molecule has 5 nitrogen and oxygen atoms in total. The fraction of sp³-hybridized carbons (Fsp3) is 0.562. The van der Waals surface area contributed by atoms with Crippen molar-refractivity contribution in [2.75, 3.05) is 33.5 Å². The van der Waals surface area contributed by atoms with E-state index in [1.807, 2.05) is 25.1 Å². The Bertz CT molecular complexity index is 475. The molecule has 0 saturated carbocycles.